The number of nitrogens with zero attached hydrogens (tertiary/aromatic N) is 2. The Kier molecular flexibility index (Phi) is 2.13. The number of rotatable bonds is 2. The third-order valence-corrected chi connectivity index (χ3v) is 2.82. The summed E-state index contributed by atoms with van der Waals surface area (Å²) in [6, 6.07) is 8.09. The zero-order chi connectivity index (χ0) is 11.0. The normalized spacial score (nSPS) is 18.2. The summed E-state index contributed by atoms with van der Waals surface area (Å²) >= 11 is 0. The SMILES string of the molecule is CCc1nc(C2Cc3ccccc3O2)n[nH]1. The maximum absolute atomic E-state index is 5.81. The average Bonchev–Trinajstić information content (AvgIpc) is 2.95. The number of hydrogen-bond donors (Lipinski definition) is 1. The standard InChI is InChI=1S/C12H13N3O/c1-2-11-13-12(15-14-11)10-7-8-5-3-4-6-9(8)16-10/h3-6,10H,2,7H2,1H3,(H,13,14,15). The highest BCUT2D eigenvalue weighted by molar-refractivity contribution is 5.37. The van der Waals surface area contributed by atoms with Gasteiger partial charge in [0, 0.05) is 12.8 Å². The molecular formula is C12H13N3O. The fraction of sp³-hybridized carbons (Fsp3) is 0.333. The zero-order valence-electron chi connectivity index (χ0n) is 9.10. The van der Waals surface area contributed by atoms with Gasteiger partial charge in [-0.2, -0.15) is 5.10 Å². The first-order valence-electron chi connectivity index (χ1n) is 5.52. The van der Waals surface area contributed by atoms with E-state index in [2.05, 4.69) is 28.2 Å². The Labute approximate surface area is 93.7 Å². The molecule has 0 bridgehead atoms. The molecule has 1 unspecified atom stereocenters. The van der Waals surface area contributed by atoms with Crippen molar-refractivity contribution in [2.24, 2.45) is 0 Å². The van der Waals surface area contributed by atoms with Crippen LogP contribution in [0.25, 0.3) is 0 Å². The van der Waals surface area contributed by atoms with Crippen LogP contribution in [-0.4, -0.2) is 15.2 Å². The maximum Gasteiger partial charge on any atom is 0.191 e. The second kappa shape index (κ2) is 3.63. The molecule has 1 aromatic carbocycles. The van der Waals surface area contributed by atoms with Crippen LogP contribution >= 0.6 is 0 Å². The predicted molar refractivity (Wildman–Crippen MR) is 59.3 cm³/mol. The van der Waals surface area contributed by atoms with E-state index >= 15 is 0 Å². The molecule has 0 saturated heterocycles. The van der Waals surface area contributed by atoms with Gasteiger partial charge in [-0.15, -0.1) is 0 Å². The molecule has 4 heteroatoms. The highest BCUT2D eigenvalue weighted by atomic mass is 16.5. The molecule has 1 aliphatic rings. The molecule has 2 aromatic rings. The quantitative estimate of drug-likeness (QED) is 0.834. The molecule has 82 valence electrons. The molecule has 0 radical (unpaired) electrons. The minimum absolute atomic E-state index is 0.0334. The summed E-state index contributed by atoms with van der Waals surface area (Å²) < 4.78 is 5.81. The highest BCUT2D eigenvalue weighted by Gasteiger charge is 2.26. The molecule has 4 nitrogen and oxygen atoms in total. The molecule has 0 fully saturated rings. The summed E-state index contributed by atoms with van der Waals surface area (Å²) in [5.74, 6) is 2.62. The lowest BCUT2D eigenvalue weighted by Gasteiger charge is -2.04. The van der Waals surface area contributed by atoms with Gasteiger partial charge in [0.1, 0.15) is 11.6 Å². The van der Waals surface area contributed by atoms with Crippen LogP contribution in [0.5, 0.6) is 5.75 Å². The van der Waals surface area contributed by atoms with Gasteiger partial charge in [0.05, 0.1) is 0 Å². The van der Waals surface area contributed by atoms with Crippen LogP contribution in [0.1, 0.15) is 30.2 Å². The lowest BCUT2D eigenvalue weighted by Crippen LogP contribution is -2.05. The molecule has 2 heterocycles. The Hall–Kier alpha value is -1.84. The second-order valence-electron chi connectivity index (χ2n) is 3.91. The van der Waals surface area contributed by atoms with E-state index in [1.807, 2.05) is 18.2 Å². The minimum Gasteiger partial charge on any atom is -0.482 e. The van der Waals surface area contributed by atoms with Gasteiger partial charge in [-0.25, -0.2) is 4.98 Å². The monoisotopic (exact) mass is 215 g/mol. The van der Waals surface area contributed by atoms with E-state index in [4.69, 9.17) is 4.74 Å². The van der Waals surface area contributed by atoms with Crippen LogP contribution in [0.3, 0.4) is 0 Å². The Morgan fingerprint density at radius 2 is 2.31 bits per heavy atom. The van der Waals surface area contributed by atoms with Crippen LogP contribution in [0.4, 0.5) is 0 Å². The number of aromatic amines is 1. The van der Waals surface area contributed by atoms with Crippen LogP contribution in [0.2, 0.25) is 0 Å². The number of nitrogens with one attached hydrogen (secondary N) is 1. The van der Waals surface area contributed by atoms with E-state index in [9.17, 15) is 0 Å². The number of hydrogen-bond acceptors (Lipinski definition) is 3. The van der Waals surface area contributed by atoms with Crippen molar-refractivity contribution in [3.05, 3.63) is 41.5 Å². The van der Waals surface area contributed by atoms with Gasteiger partial charge in [0.25, 0.3) is 0 Å². The van der Waals surface area contributed by atoms with Crippen molar-refractivity contribution in [1.29, 1.82) is 0 Å². The topological polar surface area (TPSA) is 50.8 Å². The van der Waals surface area contributed by atoms with Crippen molar-refractivity contribution in [1.82, 2.24) is 15.2 Å². The summed E-state index contributed by atoms with van der Waals surface area (Å²) in [6.45, 7) is 2.05. The van der Waals surface area contributed by atoms with Gasteiger partial charge >= 0.3 is 0 Å². The van der Waals surface area contributed by atoms with Crippen LogP contribution < -0.4 is 4.74 Å². The van der Waals surface area contributed by atoms with Crippen molar-refractivity contribution in [2.45, 2.75) is 25.9 Å². The molecule has 0 amide bonds. The number of benzene rings is 1. The Balaban J connectivity index is 1.85. The Bertz CT molecular complexity index is 481. The van der Waals surface area contributed by atoms with E-state index in [0.717, 1.165) is 30.2 Å². The van der Waals surface area contributed by atoms with Crippen molar-refractivity contribution in [3.8, 4) is 5.75 Å². The lowest BCUT2D eigenvalue weighted by molar-refractivity contribution is 0.228. The lowest BCUT2D eigenvalue weighted by atomic mass is 10.1. The van der Waals surface area contributed by atoms with Gasteiger partial charge in [-0.05, 0) is 11.6 Å². The molecule has 3 rings (SSSR count). The summed E-state index contributed by atoms with van der Waals surface area (Å²) in [6.07, 6.45) is 1.69. The molecule has 0 aliphatic carbocycles. The summed E-state index contributed by atoms with van der Waals surface area (Å²) in [7, 11) is 0. The smallest absolute Gasteiger partial charge is 0.191 e. The van der Waals surface area contributed by atoms with Crippen molar-refractivity contribution >= 4 is 0 Å². The van der Waals surface area contributed by atoms with E-state index in [-0.39, 0.29) is 6.10 Å². The van der Waals surface area contributed by atoms with Crippen LogP contribution in [0, 0.1) is 0 Å². The number of ether oxygens (including phenoxy) is 1. The number of H-pyrrole nitrogens is 1. The summed E-state index contributed by atoms with van der Waals surface area (Å²) in [4.78, 5) is 4.40. The van der Waals surface area contributed by atoms with Crippen molar-refractivity contribution in [3.63, 3.8) is 0 Å². The highest BCUT2D eigenvalue weighted by Crippen LogP contribution is 2.34. The molecule has 0 spiro atoms. The largest absolute Gasteiger partial charge is 0.482 e. The van der Waals surface area contributed by atoms with E-state index in [1.54, 1.807) is 0 Å². The predicted octanol–water partition coefficient (Wildman–Crippen LogP) is 2.04. The first-order chi connectivity index (χ1) is 7.86. The third kappa shape index (κ3) is 1.46. The summed E-state index contributed by atoms with van der Waals surface area (Å²) in [5, 5.41) is 7.11. The fourth-order valence-corrected chi connectivity index (χ4v) is 1.94. The Morgan fingerprint density at radius 3 is 3.06 bits per heavy atom. The number of aromatic nitrogens is 3. The van der Waals surface area contributed by atoms with E-state index in [0.29, 0.717) is 0 Å². The summed E-state index contributed by atoms with van der Waals surface area (Å²) in [5.41, 5.74) is 1.23. The van der Waals surface area contributed by atoms with Gasteiger partial charge in [0.2, 0.25) is 0 Å². The maximum atomic E-state index is 5.81. The molecule has 16 heavy (non-hydrogen) atoms. The van der Waals surface area contributed by atoms with Gasteiger partial charge in [-0.1, -0.05) is 25.1 Å². The molecule has 1 N–H and O–H groups in total. The molecule has 1 aromatic heterocycles. The first-order valence-corrected chi connectivity index (χ1v) is 5.52. The minimum atomic E-state index is -0.0334. The van der Waals surface area contributed by atoms with Gasteiger partial charge < -0.3 is 4.74 Å². The van der Waals surface area contributed by atoms with Crippen LogP contribution in [-0.2, 0) is 12.8 Å². The molecule has 1 atom stereocenters. The fourth-order valence-electron chi connectivity index (χ4n) is 1.94. The van der Waals surface area contributed by atoms with Gasteiger partial charge in [0.15, 0.2) is 11.9 Å². The van der Waals surface area contributed by atoms with Gasteiger partial charge in [-0.3, -0.25) is 5.10 Å². The molecular weight excluding hydrogens is 202 g/mol. The number of aryl methyl sites for hydroxylation is 1. The molecule has 1 aliphatic heterocycles. The Morgan fingerprint density at radius 1 is 1.44 bits per heavy atom. The van der Waals surface area contributed by atoms with Crippen LogP contribution in [0.15, 0.2) is 24.3 Å². The third-order valence-electron chi connectivity index (χ3n) is 2.82. The molecule has 0 saturated carbocycles. The first kappa shape index (κ1) is 9.39. The van der Waals surface area contributed by atoms with Crippen molar-refractivity contribution < 1.29 is 4.74 Å². The number of fused-ring (bicyclic) bond motifs is 1. The van der Waals surface area contributed by atoms with Crippen molar-refractivity contribution in [2.75, 3.05) is 0 Å². The number of para-hydroxylation sites is 1. The van der Waals surface area contributed by atoms with E-state index < -0.39 is 0 Å². The van der Waals surface area contributed by atoms with E-state index in [1.165, 1.54) is 5.56 Å². The zero-order valence-corrected chi connectivity index (χ0v) is 9.10. The average molecular weight is 215 g/mol. The second-order valence-corrected chi connectivity index (χ2v) is 3.91.